The lowest BCUT2D eigenvalue weighted by Gasteiger charge is -2.39. The molecule has 1 aromatic carbocycles. The van der Waals surface area contributed by atoms with Crippen molar-refractivity contribution in [3.05, 3.63) is 28.2 Å². The topological polar surface area (TPSA) is 29.3 Å². The highest BCUT2D eigenvalue weighted by Crippen LogP contribution is 2.34. The third kappa shape index (κ3) is 3.27. The van der Waals surface area contributed by atoms with E-state index in [1.165, 1.54) is 37.9 Å². The molecule has 0 saturated carbocycles. The second kappa shape index (κ2) is 5.62. The van der Waals surface area contributed by atoms with Crippen molar-refractivity contribution in [2.24, 2.45) is 5.41 Å². The van der Waals surface area contributed by atoms with Gasteiger partial charge in [-0.2, -0.15) is 0 Å². The van der Waals surface area contributed by atoms with Crippen molar-refractivity contribution in [1.82, 2.24) is 4.90 Å². The van der Waals surface area contributed by atoms with Crippen LogP contribution in [0.15, 0.2) is 22.7 Å². The molecule has 0 radical (unpaired) electrons. The average molecular weight is 311 g/mol. The Morgan fingerprint density at radius 1 is 1.33 bits per heavy atom. The van der Waals surface area contributed by atoms with Crippen LogP contribution in [0.4, 0.5) is 5.69 Å². The first-order chi connectivity index (χ1) is 8.52. The van der Waals surface area contributed by atoms with Crippen LogP contribution in [0.1, 0.15) is 38.7 Å². The molecular weight excluding hydrogens is 288 g/mol. The molecule has 1 saturated heterocycles. The van der Waals surface area contributed by atoms with Gasteiger partial charge in [0.2, 0.25) is 0 Å². The lowest BCUT2D eigenvalue weighted by atomic mass is 9.78. The normalized spacial score (nSPS) is 19.9. The summed E-state index contributed by atoms with van der Waals surface area (Å²) in [7, 11) is 0. The molecular formula is C15H23BrN2. The molecule has 3 heteroatoms. The zero-order valence-corrected chi connectivity index (χ0v) is 13.0. The van der Waals surface area contributed by atoms with Gasteiger partial charge in [0.05, 0.1) is 0 Å². The molecule has 1 aromatic rings. The van der Waals surface area contributed by atoms with E-state index < -0.39 is 0 Å². The lowest BCUT2D eigenvalue weighted by Crippen LogP contribution is -2.37. The van der Waals surface area contributed by atoms with E-state index >= 15 is 0 Å². The van der Waals surface area contributed by atoms with E-state index in [2.05, 4.69) is 46.8 Å². The van der Waals surface area contributed by atoms with Crippen molar-refractivity contribution in [3.63, 3.8) is 0 Å². The molecule has 1 aliphatic rings. The van der Waals surface area contributed by atoms with Crippen LogP contribution in [0.5, 0.6) is 0 Å². The van der Waals surface area contributed by atoms with Gasteiger partial charge in [0.25, 0.3) is 0 Å². The minimum Gasteiger partial charge on any atom is -0.398 e. The molecule has 1 heterocycles. The molecule has 0 aliphatic carbocycles. The van der Waals surface area contributed by atoms with E-state index in [-0.39, 0.29) is 0 Å². The van der Waals surface area contributed by atoms with Gasteiger partial charge in [-0.05, 0) is 65.0 Å². The first-order valence-electron chi connectivity index (χ1n) is 6.79. The summed E-state index contributed by atoms with van der Waals surface area (Å²) in [5, 5.41) is 0. The molecule has 0 aromatic heterocycles. The van der Waals surface area contributed by atoms with Gasteiger partial charge in [-0.25, -0.2) is 0 Å². The predicted octanol–water partition coefficient (Wildman–Crippen LogP) is 4.04. The van der Waals surface area contributed by atoms with E-state index in [0.29, 0.717) is 5.41 Å². The van der Waals surface area contributed by atoms with Crippen molar-refractivity contribution < 1.29 is 0 Å². The first kappa shape index (κ1) is 13.9. The number of hydrogen-bond donors (Lipinski definition) is 1. The van der Waals surface area contributed by atoms with Gasteiger partial charge >= 0.3 is 0 Å². The Morgan fingerprint density at radius 2 is 2.00 bits per heavy atom. The van der Waals surface area contributed by atoms with Gasteiger partial charge in [0.15, 0.2) is 0 Å². The van der Waals surface area contributed by atoms with E-state index in [4.69, 9.17) is 5.73 Å². The number of anilines is 1. The zero-order chi connectivity index (χ0) is 13.2. The van der Waals surface area contributed by atoms with Gasteiger partial charge in [-0.1, -0.05) is 26.3 Å². The van der Waals surface area contributed by atoms with E-state index in [0.717, 1.165) is 16.7 Å². The number of rotatable bonds is 3. The standard InChI is InChI=1S/C15H23BrN2/c1-3-15(2)6-8-18(9-7-15)11-12-4-5-13(16)14(17)10-12/h4-5,10H,3,6-9,11,17H2,1-2H3. The molecule has 100 valence electrons. The van der Waals surface area contributed by atoms with Gasteiger partial charge in [-0.3, -0.25) is 4.90 Å². The van der Waals surface area contributed by atoms with Crippen LogP contribution in [0, 0.1) is 5.41 Å². The third-order valence-electron chi connectivity index (χ3n) is 4.38. The summed E-state index contributed by atoms with van der Waals surface area (Å²) in [5.74, 6) is 0. The molecule has 2 nitrogen and oxygen atoms in total. The SMILES string of the molecule is CCC1(C)CCN(Cc2ccc(Br)c(N)c2)CC1. The van der Waals surface area contributed by atoms with Gasteiger partial charge in [-0.15, -0.1) is 0 Å². The molecule has 2 N–H and O–H groups in total. The Labute approximate surface area is 119 Å². The molecule has 0 bridgehead atoms. The summed E-state index contributed by atoms with van der Waals surface area (Å²) in [5.41, 5.74) is 8.64. The second-order valence-corrected chi connectivity index (χ2v) is 6.65. The monoisotopic (exact) mass is 310 g/mol. The minimum atomic E-state index is 0.565. The van der Waals surface area contributed by atoms with Crippen molar-refractivity contribution in [1.29, 1.82) is 0 Å². The van der Waals surface area contributed by atoms with Gasteiger partial charge in [0, 0.05) is 16.7 Å². The molecule has 1 fully saturated rings. The average Bonchev–Trinajstić information content (AvgIpc) is 2.37. The number of benzene rings is 1. The zero-order valence-electron chi connectivity index (χ0n) is 11.4. The number of piperidine rings is 1. The van der Waals surface area contributed by atoms with E-state index in [9.17, 15) is 0 Å². The number of hydrogen-bond acceptors (Lipinski definition) is 2. The number of nitrogens with zero attached hydrogens (tertiary/aromatic N) is 1. The van der Waals surface area contributed by atoms with E-state index in [1.807, 2.05) is 6.07 Å². The quantitative estimate of drug-likeness (QED) is 0.854. The Bertz CT molecular complexity index is 409. The van der Waals surface area contributed by atoms with Crippen LogP contribution in [0.2, 0.25) is 0 Å². The fourth-order valence-electron chi connectivity index (χ4n) is 2.55. The Balaban J connectivity index is 1.93. The largest absolute Gasteiger partial charge is 0.398 e. The summed E-state index contributed by atoms with van der Waals surface area (Å²) < 4.78 is 0.989. The second-order valence-electron chi connectivity index (χ2n) is 5.80. The predicted molar refractivity (Wildman–Crippen MR) is 81.5 cm³/mol. The van der Waals surface area contributed by atoms with Crippen molar-refractivity contribution in [2.75, 3.05) is 18.8 Å². The maximum Gasteiger partial charge on any atom is 0.0461 e. The number of likely N-dealkylation sites (tertiary alicyclic amines) is 1. The van der Waals surface area contributed by atoms with Crippen molar-refractivity contribution in [2.45, 2.75) is 39.7 Å². The molecule has 0 atom stereocenters. The highest BCUT2D eigenvalue weighted by molar-refractivity contribution is 9.10. The maximum atomic E-state index is 5.92. The fourth-order valence-corrected chi connectivity index (χ4v) is 2.80. The Kier molecular flexibility index (Phi) is 4.33. The summed E-state index contributed by atoms with van der Waals surface area (Å²) in [6.45, 7) is 8.17. The highest BCUT2D eigenvalue weighted by Gasteiger charge is 2.27. The van der Waals surface area contributed by atoms with Gasteiger partial charge in [0.1, 0.15) is 0 Å². The van der Waals surface area contributed by atoms with Crippen LogP contribution in [-0.4, -0.2) is 18.0 Å². The summed E-state index contributed by atoms with van der Waals surface area (Å²) in [4.78, 5) is 2.54. The molecule has 0 spiro atoms. The summed E-state index contributed by atoms with van der Waals surface area (Å²) >= 11 is 3.44. The molecule has 0 unspecified atom stereocenters. The van der Waals surface area contributed by atoms with Crippen LogP contribution < -0.4 is 5.73 Å². The maximum absolute atomic E-state index is 5.92. The van der Waals surface area contributed by atoms with Crippen LogP contribution in [0.3, 0.4) is 0 Å². The molecule has 0 amide bonds. The van der Waals surface area contributed by atoms with E-state index in [1.54, 1.807) is 0 Å². The fraction of sp³-hybridized carbons (Fsp3) is 0.600. The number of halogens is 1. The number of nitrogen functional groups attached to an aromatic ring is 1. The van der Waals surface area contributed by atoms with Crippen LogP contribution in [0.25, 0.3) is 0 Å². The third-order valence-corrected chi connectivity index (χ3v) is 5.11. The van der Waals surface area contributed by atoms with Crippen LogP contribution in [-0.2, 0) is 6.54 Å². The van der Waals surface area contributed by atoms with Crippen molar-refractivity contribution in [3.8, 4) is 0 Å². The molecule has 2 rings (SSSR count). The van der Waals surface area contributed by atoms with Crippen molar-refractivity contribution >= 4 is 21.6 Å². The number of nitrogens with two attached hydrogens (primary N) is 1. The lowest BCUT2D eigenvalue weighted by molar-refractivity contribution is 0.109. The van der Waals surface area contributed by atoms with Crippen LogP contribution >= 0.6 is 15.9 Å². The minimum absolute atomic E-state index is 0.565. The smallest absolute Gasteiger partial charge is 0.0461 e. The molecule has 18 heavy (non-hydrogen) atoms. The summed E-state index contributed by atoms with van der Waals surface area (Å²) in [6.07, 6.45) is 3.93. The van der Waals surface area contributed by atoms with Gasteiger partial charge < -0.3 is 5.73 Å². The molecule has 1 aliphatic heterocycles. The summed E-state index contributed by atoms with van der Waals surface area (Å²) in [6, 6.07) is 6.29. The Hall–Kier alpha value is -0.540. The first-order valence-corrected chi connectivity index (χ1v) is 7.58. The Morgan fingerprint density at radius 3 is 2.56 bits per heavy atom. The highest BCUT2D eigenvalue weighted by atomic mass is 79.9.